The molecule has 2 aromatic carbocycles. The Hall–Kier alpha value is -4.23. The second-order valence-electron chi connectivity index (χ2n) is 7.94. The van der Waals surface area contributed by atoms with Gasteiger partial charge < -0.3 is 24.6 Å². The molecular weight excluding hydrogens is 499 g/mol. The first kappa shape index (κ1) is 25.9. The van der Waals surface area contributed by atoms with E-state index >= 15 is 0 Å². The summed E-state index contributed by atoms with van der Waals surface area (Å²) in [7, 11) is 0. The van der Waals surface area contributed by atoms with E-state index in [1.807, 2.05) is 0 Å². The molecule has 13 heteroatoms. The Labute approximate surface area is 207 Å². The van der Waals surface area contributed by atoms with Gasteiger partial charge in [0.2, 0.25) is 0 Å². The van der Waals surface area contributed by atoms with Gasteiger partial charge in [0, 0.05) is 18.2 Å². The molecular formula is C24H20F3N3O7. The number of benzene rings is 2. The molecule has 1 aromatic heterocycles. The van der Waals surface area contributed by atoms with Crippen LogP contribution in [-0.2, 0) is 15.7 Å². The molecule has 37 heavy (non-hydrogen) atoms. The van der Waals surface area contributed by atoms with Crippen molar-refractivity contribution in [3.05, 3.63) is 88.5 Å². The minimum Gasteiger partial charge on any atom is -0.431 e. The smallest absolute Gasteiger partial charge is 0.431 e. The molecule has 1 aliphatic rings. The van der Waals surface area contributed by atoms with Crippen molar-refractivity contribution in [2.45, 2.75) is 31.0 Å². The number of hydrogen-bond acceptors (Lipinski definition) is 8. The molecule has 2 heterocycles. The normalized spacial score (nSPS) is 19.3. The Morgan fingerprint density at radius 1 is 1.14 bits per heavy atom. The topological polar surface area (TPSA) is 129 Å². The third-order valence-corrected chi connectivity index (χ3v) is 5.35. The molecule has 0 spiro atoms. The molecule has 1 saturated heterocycles. The molecule has 1 aliphatic heterocycles. The molecule has 1 fully saturated rings. The lowest BCUT2D eigenvalue weighted by Crippen LogP contribution is -2.30. The predicted octanol–water partition coefficient (Wildman–Crippen LogP) is 3.38. The standard InChI is InChI=1S/C24H20F3N3O7/c25-24(26,27)15-7-4-8-16(11-15)36-23(34)35-13-18-17(31)12-20(37-18)30-10-9-19(29-22(30)33)28-21(32)14-5-2-1-3-6-14/h1-11,17-18,20,31H,12-13H2,(H,28,29,32,33)/t17-,18+,20+/m0/s1. The highest BCUT2D eigenvalue weighted by Crippen LogP contribution is 2.31. The SMILES string of the molecule is O=C(OC[C@H]1O[C@@H](n2ccc(NC(=O)c3ccccc3)nc2=O)C[C@@H]1O)Oc1cccc(C(F)(F)F)c1. The Morgan fingerprint density at radius 2 is 1.89 bits per heavy atom. The van der Waals surface area contributed by atoms with Crippen LogP contribution in [0.15, 0.2) is 71.7 Å². The Bertz CT molecular complexity index is 1330. The van der Waals surface area contributed by atoms with E-state index in [9.17, 15) is 32.7 Å². The number of ether oxygens (including phenoxy) is 3. The maximum Gasteiger partial charge on any atom is 0.513 e. The summed E-state index contributed by atoms with van der Waals surface area (Å²) in [6.07, 6.45) is -7.72. The highest BCUT2D eigenvalue weighted by molar-refractivity contribution is 6.03. The van der Waals surface area contributed by atoms with E-state index in [1.54, 1.807) is 30.3 Å². The van der Waals surface area contributed by atoms with Crippen LogP contribution in [0.3, 0.4) is 0 Å². The van der Waals surface area contributed by atoms with Gasteiger partial charge in [-0.1, -0.05) is 24.3 Å². The van der Waals surface area contributed by atoms with E-state index in [2.05, 4.69) is 10.3 Å². The molecule has 3 aromatic rings. The van der Waals surface area contributed by atoms with Gasteiger partial charge in [-0.2, -0.15) is 18.2 Å². The highest BCUT2D eigenvalue weighted by atomic mass is 19.4. The van der Waals surface area contributed by atoms with Gasteiger partial charge in [0.25, 0.3) is 5.91 Å². The Balaban J connectivity index is 1.32. The fraction of sp³-hybridized carbons (Fsp3) is 0.250. The number of nitrogens with one attached hydrogen (secondary N) is 1. The summed E-state index contributed by atoms with van der Waals surface area (Å²) < 4.78 is 54.7. The van der Waals surface area contributed by atoms with Crippen LogP contribution < -0.4 is 15.7 Å². The summed E-state index contributed by atoms with van der Waals surface area (Å²) in [5.74, 6) is -0.805. The van der Waals surface area contributed by atoms with Crippen LogP contribution in [0, 0.1) is 0 Å². The van der Waals surface area contributed by atoms with Gasteiger partial charge >= 0.3 is 18.0 Å². The van der Waals surface area contributed by atoms with Gasteiger partial charge in [-0.3, -0.25) is 9.36 Å². The molecule has 2 N–H and O–H groups in total. The lowest BCUT2D eigenvalue weighted by atomic mass is 10.2. The summed E-state index contributed by atoms with van der Waals surface area (Å²) in [5.41, 5.74) is -1.38. The third kappa shape index (κ3) is 6.51. The monoisotopic (exact) mass is 519 g/mol. The van der Waals surface area contributed by atoms with Crippen molar-refractivity contribution >= 4 is 17.9 Å². The van der Waals surface area contributed by atoms with Gasteiger partial charge in [0.05, 0.1) is 11.7 Å². The van der Waals surface area contributed by atoms with E-state index in [-0.39, 0.29) is 18.0 Å². The van der Waals surface area contributed by atoms with Gasteiger partial charge in [0.1, 0.15) is 30.5 Å². The molecule has 4 rings (SSSR count). The largest absolute Gasteiger partial charge is 0.513 e. The molecule has 10 nitrogen and oxygen atoms in total. The van der Waals surface area contributed by atoms with E-state index in [4.69, 9.17) is 14.2 Å². The molecule has 3 atom stereocenters. The highest BCUT2D eigenvalue weighted by Gasteiger charge is 2.37. The molecule has 0 aliphatic carbocycles. The van der Waals surface area contributed by atoms with Crippen molar-refractivity contribution < 1.29 is 42.1 Å². The zero-order chi connectivity index (χ0) is 26.6. The first-order valence-electron chi connectivity index (χ1n) is 10.9. The average Bonchev–Trinajstić information content (AvgIpc) is 3.23. The number of aliphatic hydroxyl groups is 1. The molecule has 0 saturated carbocycles. The van der Waals surface area contributed by atoms with Crippen LogP contribution in [0.5, 0.6) is 5.75 Å². The van der Waals surface area contributed by atoms with Crippen LogP contribution >= 0.6 is 0 Å². The number of halogens is 3. The number of carbonyl (C=O) groups is 2. The second kappa shape index (κ2) is 10.8. The molecule has 0 radical (unpaired) electrons. The van der Waals surface area contributed by atoms with Gasteiger partial charge in [-0.15, -0.1) is 0 Å². The minimum atomic E-state index is -4.61. The number of amides is 1. The summed E-state index contributed by atoms with van der Waals surface area (Å²) in [4.78, 5) is 40.4. The maximum absolute atomic E-state index is 12.8. The van der Waals surface area contributed by atoms with E-state index in [1.165, 1.54) is 12.3 Å². The second-order valence-corrected chi connectivity index (χ2v) is 7.94. The summed E-state index contributed by atoms with van der Waals surface area (Å²) in [6, 6.07) is 13.4. The number of nitrogens with zero attached hydrogens (tertiary/aromatic N) is 2. The number of carbonyl (C=O) groups excluding carboxylic acids is 2. The number of aromatic nitrogens is 2. The molecule has 0 unspecified atom stereocenters. The van der Waals surface area contributed by atoms with Gasteiger partial charge in [0.15, 0.2) is 0 Å². The van der Waals surface area contributed by atoms with Crippen molar-refractivity contribution in [2.24, 2.45) is 0 Å². The minimum absolute atomic E-state index is 0.0193. The van der Waals surface area contributed by atoms with Crippen LogP contribution in [-0.4, -0.2) is 45.5 Å². The number of rotatable bonds is 6. The van der Waals surface area contributed by atoms with Gasteiger partial charge in [-0.05, 0) is 36.4 Å². The molecule has 194 valence electrons. The summed E-state index contributed by atoms with van der Waals surface area (Å²) >= 11 is 0. The number of aliphatic hydroxyl groups excluding tert-OH is 1. The lowest BCUT2D eigenvalue weighted by molar-refractivity contribution is -0.137. The van der Waals surface area contributed by atoms with Gasteiger partial charge in [-0.25, -0.2) is 9.59 Å². The lowest BCUT2D eigenvalue weighted by Gasteiger charge is -2.16. The first-order valence-corrected chi connectivity index (χ1v) is 10.9. The van der Waals surface area contributed by atoms with Crippen LogP contribution in [0.4, 0.5) is 23.8 Å². The number of anilines is 1. The van der Waals surface area contributed by atoms with E-state index < -0.39 is 54.5 Å². The average molecular weight is 519 g/mol. The van der Waals surface area contributed by atoms with E-state index in [0.29, 0.717) is 11.6 Å². The predicted molar refractivity (Wildman–Crippen MR) is 121 cm³/mol. The van der Waals surface area contributed by atoms with Crippen molar-refractivity contribution in [3.63, 3.8) is 0 Å². The summed E-state index contributed by atoms with van der Waals surface area (Å²) in [5, 5.41) is 12.8. The zero-order valence-corrected chi connectivity index (χ0v) is 18.9. The fourth-order valence-electron chi connectivity index (χ4n) is 3.53. The van der Waals surface area contributed by atoms with Crippen LogP contribution in [0.25, 0.3) is 0 Å². The fourth-order valence-corrected chi connectivity index (χ4v) is 3.53. The molecule has 0 bridgehead atoms. The van der Waals surface area contributed by atoms with Crippen molar-refractivity contribution in [2.75, 3.05) is 11.9 Å². The van der Waals surface area contributed by atoms with Crippen molar-refractivity contribution in [1.29, 1.82) is 0 Å². The third-order valence-electron chi connectivity index (χ3n) is 5.35. The number of hydrogen-bond donors (Lipinski definition) is 2. The van der Waals surface area contributed by atoms with Crippen molar-refractivity contribution in [3.8, 4) is 5.75 Å². The van der Waals surface area contributed by atoms with Crippen LogP contribution in [0.1, 0.15) is 28.6 Å². The maximum atomic E-state index is 12.8. The first-order chi connectivity index (χ1) is 17.6. The zero-order valence-electron chi connectivity index (χ0n) is 18.9. The molecule has 1 amide bonds. The number of alkyl halides is 3. The van der Waals surface area contributed by atoms with Crippen molar-refractivity contribution in [1.82, 2.24) is 9.55 Å². The Kier molecular flexibility index (Phi) is 7.55. The quantitative estimate of drug-likeness (QED) is 0.375. The Morgan fingerprint density at radius 3 is 2.59 bits per heavy atom. The van der Waals surface area contributed by atoms with Crippen LogP contribution in [0.2, 0.25) is 0 Å². The summed E-state index contributed by atoms with van der Waals surface area (Å²) in [6.45, 7) is -0.483. The van der Waals surface area contributed by atoms with E-state index in [0.717, 1.165) is 22.8 Å².